The molecule has 4 aromatic rings. The summed E-state index contributed by atoms with van der Waals surface area (Å²) >= 11 is 0. The number of aromatic carboxylic acids is 1. The predicted molar refractivity (Wildman–Crippen MR) is 146 cm³/mol. The monoisotopic (exact) mass is 514 g/mol. The van der Waals surface area contributed by atoms with E-state index in [9.17, 15) is 14.7 Å². The van der Waals surface area contributed by atoms with Gasteiger partial charge in [-0.1, -0.05) is 19.1 Å². The first-order chi connectivity index (χ1) is 18.1. The number of carbonyl (C=O) groups is 2. The average molecular weight is 515 g/mol. The Balaban J connectivity index is 1.46. The second kappa shape index (κ2) is 10.0. The van der Waals surface area contributed by atoms with Crippen molar-refractivity contribution >= 4 is 23.3 Å². The molecule has 3 aromatic heterocycles. The maximum Gasteiger partial charge on any atom is 0.341 e. The highest BCUT2D eigenvalue weighted by molar-refractivity contribution is 6.01. The van der Waals surface area contributed by atoms with Gasteiger partial charge in [-0.05, 0) is 77.5 Å². The number of aromatic nitrogens is 5. The molecule has 1 aliphatic rings. The van der Waals surface area contributed by atoms with Crippen LogP contribution in [-0.4, -0.2) is 47.4 Å². The van der Waals surface area contributed by atoms with Crippen LogP contribution in [0.4, 0.5) is 5.82 Å². The van der Waals surface area contributed by atoms with Crippen LogP contribution in [0.15, 0.2) is 42.6 Å². The molecule has 0 radical (unpaired) electrons. The Morgan fingerprint density at radius 3 is 2.34 bits per heavy atom. The fraction of sp³-hybridized carbons (Fsp3) is 0.414. The van der Waals surface area contributed by atoms with E-state index < -0.39 is 5.97 Å². The summed E-state index contributed by atoms with van der Waals surface area (Å²) in [5.74, 6) is -0.444. The number of aryl methyl sites for hydroxylation is 2. The summed E-state index contributed by atoms with van der Waals surface area (Å²) in [4.78, 5) is 31.9. The summed E-state index contributed by atoms with van der Waals surface area (Å²) in [6.07, 6.45) is 5.16. The molecule has 0 aliphatic heterocycles. The zero-order chi connectivity index (χ0) is 27.1. The lowest BCUT2D eigenvalue weighted by atomic mass is 9.82. The highest BCUT2D eigenvalue weighted by atomic mass is 16.4. The molecule has 1 aliphatic carbocycles. The van der Waals surface area contributed by atoms with E-state index in [0.717, 1.165) is 54.0 Å². The van der Waals surface area contributed by atoms with E-state index in [1.165, 1.54) is 10.9 Å². The van der Waals surface area contributed by atoms with Crippen molar-refractivity contribution < 1.29 is 14.7 Å². The lowest BCUT2D eigenvalue weighted by Gasteiger charge is -2.32. The van der Waals surface area contributed by atoms with Crippen LogP contribution in [0.1, 0.15) is 68.2 Å². The maximum absolute atomic E-state index is 13.6. The van der Waals surface area contributed by atoms with Gasteiger partial charge in [0.15, 0.2) is 11.5 Å². The second-order valence-corrected chi connectivity index (χ2v) is 10.8. The molecule has 0 bridgehead atoms. The molecule has 0 unspecified atom stereocenters. The number of fused-ring (bicyclic) bond motifs is 1. The van der Waals surface area contributed by atoms with Crippen molar-refractivity contribution in [2.45, 2.75) is 66.3 Å². The molecule has 3 heterocycles. The molecule has 38 heavy (non-hydrogen) atoms. The number of carbonyl (C=O) groups excluding carboxylic acids is 1. The van der Waals surface area contributed by atoms with Crippen LogP contribution in [0, 0.1) is 25.7 Å². The molecule has 198 valence electrons. The van der Waals surface area contributed by atoms with E-state index in [1.807, 2.05) is 68.6 Å². The molecular formula is C29H34N6O3. The first kappa shape index (κ1) is 25.6. The lowest BCUT2D eigenvalue weighted by Crippen LogP contribution is -2.43. The van der Waals surface area contributed by atoms with Gasteiger partial charge in [-0.3, -0.25) is 9.69 Å². The van der Waals surface area contributed by atoms with Gasteiger partial charge in [0.25, 0.3) is 0 Å². The molecule has 0 spiro atoms. The van der Waals surface area contributed by atoms with Crippen LogP contribution < -0.4 is 4.90 Å². The number of rotatable bonds is 6. The number of nitrogens with zero attached hydrogens (tertiary/aromatic N) is 6. The fourth-order valence-corrected chi connectivity index (χ4v) is 5.35. The van der Waals surface area contributed by atoms with Gasteiger partial charge in [-0.15, -0.1) is 5.10 Å². The van der Waals surface area contributed by atoms with Crippen LogP contribution in [0.2, 0.25) is 0 Å². The highest BCUT2D eigenvalue weighted by Crippen LogP contribution is 2.33. The second-order valence-electron chi connectivity index (χ2n) is 10.8. The van der Waals surface area contributed by atoms with Crippen molar-refractivity contribution in [3.05, 3.63) is 59.5 Å². The molecule has 1 saturated carbocycles. The van der Waals surface area contributed by atoms with E-state index in [-0.39, 0.29) is 29.2 Å². The minimum absolute atomic E-state index is 0.0116. The van der Waals surface area contributed by atoms with Crippen LogP contribution in [0.3, 0.4) is 0 Å². The van der Waals surface area contributed by atoms with Gasteiger partial charge < -0.3 is 5.11 Å². The quantitative estimate of drug-likeness (QED) is 0.366. The predicted octanol–water partition coefficient (Wildman–Crippen LogP) is 5.46. The van der Waals surface area contributed by atoms with Crippen LogP contribution in [0.5, 0.6) is 0 Å². The van der Waals surface area contributed by atoms with Gasteiger partial charge in [0, 0.05) is 41.2 Å². The average Bonchev–Trinajstić information content (AvgIpc) is 3.50. The molecule has 9 heteroatoms. The van der Waals surface area contributed by atoms with Gasteiger partial charge in [0.05, 0.1) is 11.4 Å². The molecule has 0 saturated heterocycles. The number of carboxylic acid groups (broad SMARTS) is 1. The van der Waals surface area contributed by atoms with Crippen molar-refractivity contribution in [3.8, 4) is 16.9 Å². The van der Waals surface area contributed by atoms with E-state index in [0.29, 0.717) is 11.6 Å². The highest BCUT2D eigenvalue weighted by Gasteiger charge is 2.34. The molecule has 0 atom stereocenters. The Kier molecular flexibility index (Phi) is 6.77. The number of hydrogen-bond acceptors (Lipinski definition) is 5. The number of carboxylic acids is 1. The van der Waals surface area contributed by atoms with Gasteiger partial charge in [0.1, 0.15) is 5.56 Å². The van der Waals surface area contributed by atoms with Gasteiger partial charge >= 0.3 is 5.97 Å². The zero-order valence-electron chi connectivity index (χ0n) is 22.5. The van der Waals surface area contributed by atoms with Crippen LogP contribution in [0.25, 0.3) is 22.6 Å². The Hall–Kier alpha value is -4.01. The van der Waals surface area contributed by atoms with Gasteiger partial charge in [-0.25, -0.2) is 19.0 Å². The standard InChI is InChI=1S/C29H34N6O3/c1-17(2)34(28(36)22-8-6-18(3)7-9-22)27-24(29(37)38)16-33(32-27)23-12-10-21(11-13-23)25-15-26-30-19(4)14-20(5)35(26)31-25/h10-18,22H,6-9H2,1-5H3,(H,37,38). The third-order valence-corrected chi connectivity index (χ3v) is 7.43. The summed E-state index contributed by atoms with van der Waals surface area (Å²) < 4.78 is 3.35. The van der Waals surface area contributed by atoms with E-state index in [1.54, 1.807) is 4.90 Å². The third kappa shape index (κ3) is 4.80. The molecule has 1 fully saturated rings. The molecule has 1 aromatic carbocycles. The molecule has 5 rings (SSSR count). The molecule has 9 nitrogen and oxygen atoms in total. The fourth-order valence-electron chi connectivity index (χ4n) is 5.35. The largest absolute Gasteiger partial charge is 0.477 e. The lowest BCUT2D eigenvalue weighted by molar-refractivity contribution is -0.124. The SMILES string of the molecule is Cc1cc(C)n2nc(-c3ccc(-n4cc(C(=O)O)c(N(C(=O)C5CCC(C)CC5)C(C)C)n4)cc3)cc2n1. The van der Waals surface area contributed by atoms with Crippen molar-refractivity contribution in [2.75, 3.05) is 4.90 Å². The summed E-state index contributed by atoms with van der Waals surface area (Å²) in [5.41, 5.74) is 5.14. The van der Waals surface area contributed by atoms with Crippen molar-refractivity contribution in [3.63, 3.8) is 0 Å². The molecule has 1 N–H and O–H groups in total. The summed E-state index contributed by atoms with van der Waals surface area (Å²) in [7, 11) is 0. The first-order valence-electron chi connectivity index (χ1n) is 13.2. The van der Waals surface area contributed by atoms with Crippen molar-refractivity contribution in [1.82, 2.24) is 24.4 Å². The Morgan fingerprint density at radius 1 is 1.03 bits per heavy atom. The maximum atomic E-state index is 13.6. The van der Waals surface area contributed by atoms with Gasteiger partial charge in [-0.2, -0.15) is 5.10 Å². The molecular weight excluding hydrogens is 480 g/mol. The minimum Gasteiger partial charge on any atom is -0.477 e. The van der Waals surface area contributed by atoms with E-state index >= 15 is 0 Å². The van der Waals surface area contributed by atoms with Gasteiger partial charge in [0.2, 0.25) is 5.91 Å². The van der Waals surface area contributed by atoms with E-state index in [2.05, 4.69) is 22.1 Å². The smallest absolute Gasteiger partial charge is 0.341 e. The van der Waals surface area contributed by atoms with Crippen LogP contribution in [-0.2, 0) is 4.79 Å². The van der Waals surface area contributed by atoms with Crippen molar-refractivity contribution in [2.24, 2.45) is 11.8 Å². The normalized spacial score (nSPS) is 17.7. The van der Waals surface area contributed by atoms with Crippen molar-refractivity contribution in [1.29, 1.82) is 0 Å². The number of benzene rings is 1. The topological polar surface area (TPSA) is 106 Å². The first-order valence-corrected chi connectivity index (χ1v) is 13.2. The summed E-state index contributed by atoms with van der Waals surface area (Å²) in [6, 6.07) is 11.3. The number of hydrogen-bond donors (Lipinski definition) is 1. The third-order valence-electron chi connectivity index (χ3n) is 7.43. The van der Waals surface area contributed by atoms with E-state index in [4.69, 9.17) is 0 Å². The summed E-state index contributed by atoms with van der Waals surface area (Å²) in [5, 5.41) is 19.3. The Morgan fingerprint density at radius 2 is 1.71 bits per heavy atom. The minimum atomic E-state index is -1.11. The number of amides is 1. The Labute approximate surface area is 222 Å². The zero-order valence-corrected chi connectivity index (χ0v) is 22.5. The Bertz CT molecular complexity index is 1490. The molecule has 1 amide bonds. The number of anilines is 1. The van der Waals surface area contributed by atoms with Crippen LogP contribution >= 0.6 is 0 Å². The summed E-state index contributed by atoms with van der Waals surface area (Å²) in [6.45, 7) is 9.97.